The Balaban J connectivity index is 3.18. The predicted octanol–water partition coefficient (Wildman–Crippen LogP) is 1.89. The average Bonchev–Trinajstić information content (AvgIpc) is 2.38. The number of hydrogen-bond donors (Lipinski definition) is 0. The van der Waals surface area contributed by atoms with Crippen LogP contribution < -0.4 is 0 Å². The van der Waals surface area contributed by atoms with E-state index in [1.807, 2.05) is 0 Å². The van der Waals surface area contributed by atoms with Gasteiger partial charge in [0.2, 0.25) is 10.0 Å². The Bertz CT molecular complexity index is 579. The second-order valence-corrected chi connectivity index (χ2v) is 6.93. The molecule has 1 rings (SSSR count). The van der Waals surface area contributed by atoms with Gasteiger partial charge in [-0.2, -0.15) is 4.31 Å². The van der Waals surface area contributed by atoms with Crippen molar-refractivity contribution in [3.05, 3.63) is 29.3 Å². The van der Waals surface area contributed by atoms with Gasteiger partial charge in [-0.25, -0.2) is 17.2 Å². The third-order valence-corrected chi connectivity index (χ3v) is 4.92. The summed E-state index contributed by atoms with van der Waals surface area (Å²) >= 11 is 5.55. The maximum Gasteiger partial charge on any atom is 0.245 e. The molecule has 0 aliphatic carbocycles. The quantitative estimate of drug-likeness (QED) is 0.750. The van der Waals surface area contributed by atoms with Crippen LogP contribution in [0.4, 0.5) is 8.78 Å². The van der Waals surface area contributed by atoms with Gasteiger partial charge in [-0.15, -0.1) is 11.6 Å². The molecular formula is C12H17ClF2N2O2S. The summed E-state index contributed by atoms with van der Waals surface area (Å²) in [5, 5.41) is 0. The van der Waals surface area contributed by atoms with Crippen LogP contribution in [0.3, 0.4) is 0 Å². The predicted molar refractivity (Wildman–Crippen MR) is 74.3 cm³/mol. The highest BCUT2D eigenvalue weighted by Crippen LogP contribution is 2.23. The second kappa shape index (κ2) is 6.80. The van der Waals surface area contributed by atoms with E-state index in [2.05, 4.69) is 0 Å². The van der Waals surface area contributed by atoms with Crippen LogP contribution in [0.2, 0.25) is 0 Å². The summed E-state index contributed by atoms with van der Waals surface area (Å²) in [6.07, 6.45) is 0. The van der Waals surface area contributed by atoms with Crippen LogP contribution in [-0.2, 0) is 15.9 Å². The topological polar surface area (TPSA) is 40.6 Å². The smallest absolute Gasteiger partial charge is 0.245 e. The molecule has 4 nitrogen and oxygen atoms in total. The summed E-state index contributed by atoms with van der Waals surface area (Å²) in [5.74, 6) is -2.69. The summed E-state index contributed by atoms with van der Waals surface area (Å²) in [5.41, 5.74) is 0.213. The van der Waals surface area contributed by atoms with E-state index in [-0.39, 0.29) is 18.0 Å². The molecule has 0 unspecified atom stereocenters. The Kier molecular flexibility index (Phi) is 5.88. The van der Waals surface area contributed by atoms with Crippen LogP contribution in [0.5, 0.6) is 0 Å². The maximum atomic E-state index is 13.7. The lowest BCUT2D eigenvalue weighted by Crippen LogP contribution is -2.34. The molecule has 0 aromatic heterocycles. The van der Waals surface area contributed by atoms with E-state index >= 15 is 0 Å². The molecule has 8 heteroatoms. The zero-order valence-electron chi connectivity index (χ0n) is 11.5. The summed E-state index contributed by atoms with van der Waals surface area (Å²) < 4.78 is 52.6. The van der Waals surface area contributed by atoms with Crippen molar-refractivity contribution in [1.29, 1.82) is 0 Å². The Morgan fingerprint density at radius 1 is 1.15 bits per heavy atom. The van der Waals surface area contributed by atoms with Gasteiger partial charge in [-0.3, -0.25) is 0 Å². The van der Waals surface area contributed by atoms with Crippen molar-refractivity contribution in [3.63, 3.8) is 0 Å². The van der Waals surface area contributed by atoms with Crippen LogP contribution >= 0.6 is 11.6 Å². The minimum atomic E-state index is -4.09. The van der Waals surface area contributed by atoms with E-state index in [0.29, 0.717) is 6.54 Å². The molecule has 0 radical (unpaired) electrons. The standard InChI is InChI=1S/C12H17ClF2N2O2S/c1-16(2)4-5-17(3)20(18,19)11-7-9(8-13)6-10(14)12(11)15/h6-7H,4-5,8H2,1-3H3. The maximum absolute atomic E-state index is 13.7. The number of sulfonamides is 1. The SMILES string of the molecule is CN(C)CCN(C)S(=O)(=O)c1cc(CCl)cc(F)c1F. The van der Waals surface area contributed by atoms with Gasteiger partial charge in [-0.05, 0) is 31.8 Å². The highest BCUT2D eigenvalue weighted by Gasteiger charge is 2.27. The number of rotatable bonds is 6. The lowest BCUT2D eigenvalue weighted by molar-refractivity contribution is 0.357. The molecular weight excluding hydrogens is 310 g/mol. The number of alkyl halides is 1. The van der Waals surface area contributed by atoms with Crippen molar-refractivity contribution < 1.29 is 17.2 Å². The Morgan fingerprint density at radius 2 is 1.75 bits per heavy atom. The average molecular weight is 327 g/mol. The zero-order chi connectivity index (χ0) is 15.5. The third-order valence-electron chi connectivity index (χ3n) is 2.76. The van der Waals surface area contributed by atoms with E-state index in [1.165, 1.54) is 7.05 Å². The van der Waals surface area contributed by atoms with Gasteiger partial charge >= 0.3 is 0 Å². The normalized spacial score (nSPS) is 12.4. The Labute approximate surface area is 123 Å². The fourth-order valence-electron chi connectivity index (χ4n) is 1.51. The minimum Gasteiger partial charge on any atom is -0.308 e. The first-order valence-electron chi connectivity index (χ1n) is 5.85. The van der Waals surface area contributed by atoms with Crippen LogP contribution in [0.1, 0.15) is 5.56 Å². The van der Waals surface area contributed by atoms with Gasteiger partial charge in [0.25, 0.3) is 0 Å². The molecule has 0 fully saturated rings. The number of nitrogens with zero attached hydrogens (tertiary/aromatic N) is 2. The summed E-state index contributed by atoms with van der Waals surface area (Å²) in [7, 11) is 0.809. The molecule has 0 atom stereocenters. The largest absolute Gasteiger partial charge is 0.308 e. The van der Waals surface area contributed by atoms with E-state index in [9.17, 15) is 17.2 Å². The molecule has 0 saturated carbocycles. The molecule has 0 heterocycles. The molecule has 0 spiro atoms. The zero-order valence-corrected chi connectivity index (χ0v) is 13.1. The van der Waals surface area contributed by atoms with E-state index < -0.39 is 26.6 Å². The molecule has 0 amide bonds. The second-order valence-electron chi connectivity index (χ2n) is 4.65. The molecule has 0 aliphatic heterocycles. The lowest BCUT2D eigenvalue weighted by Gasteiger charge is -2.20. The van der Waals surface area contributed by atoms with E-state index in [0.717, 1.165) is 16.4 Å². The summed E-state index contributed by atoms with van der Waals surface area (Å²) in [4.78, 5) is 1.10. The Morgan fingerprint density at radius 3 is 2.25 bits per heavy atom. The van der Waals surface area contributed by atoms with Crippen molar-refractivity contribution in [2.45, 2.75) is 10.8 Å². The molecule has 0 bridgehead atoms. The number of hydrogen-bond acceptors (Lipinski definition) is 3. The van der Waals surface area contributed by atoms with Crippen molar-refractivity contribution in [3.8, 4) is 0 Å². The van der Waals surface area contributed by atoms with Gasteiger partial charge in [0.1, 0.15) is 4.90 Å². The number of halogens is 3. The van der Waals surface area contributed by atoms with Crippen LogP contribution in [0.15, 0.2) is 17.0 Å². The third kappa shape index (κ3) is 3.88. The van der Waals surface area contributed by atoms with Crippen LogP contribution in [0, 0.1) is 11.6 Å². The van der Waals surface area contributed by atoms with Gasteiger partial charge in [-0.1, -0.05) is 0 Å². The molecule has 0 aliphatic rings. The molecule has 20 heavy (non-hydrogen) atoms. The first-order valence-corrected chi connectivity index (χ1v) is 7.82. The monoisotopic (exact) mass is 326 g/mol. The minimum absolute atomic E-state index is 0.0961. The molecule has 1 aromatic carbocycles. The van der Waals surface area contributed by atoms with Crippen molar-refractivity contribution in [2.75, 3.05) is 34.2 Å². The summed E-state index contributed by atoms with van der Waals surface area (Å²) in [6, 6.07) is 1.95. The molecule has 0 saturated heterocycles. The fourth-order valence-corrected chi connectivity index (χ4v) is 2.95. The Hall–Kier alpha value is -0.760. The van der Waals surface area contributed by atoms with Gasteiger partial charge in [0, 0.05) is 26.0 Å². The number of likely N-dealkylation sites (N-methyl/N-ethyl adjacent to an activating group) is 2. The van der Waals surface area contributed by atoms with Gasteiger partial charge < -0.3 is 4.90 Å². The molecule has 0 N–H and O–H groups in total. The highest BCUT2D eigenvalue weighted by atomic mass is 35.5. The van der Waals surface area contributed by atoms with Crippen LogP contribution in [-0.4, -0.2) is 51.9 Å². The fraction of sp³-hybridized carbons (Fsp3) is 0.500. The van der Waals surface area contributed by atoms with Gasteiger partial charge in [0.15, 0.2) is 11.6 Å². The van der Waals surface area contributed by atoms with Crippen molar-refractivity contribution >= 4 is 21.6 Å². The molecule has 114 valence electrons. The molecule has 1 aromatic rings. The first-order chi connectivity index (χ1) is 9.20. The van der Waals surface area contributed by atoms with Crippen molar-refractivity contribution in [1.82, 2.24) is 9.21 Å². The van der Waals surface area contributed by atoms with Crippen molar-refractivity contribution in [2.24, 2.45) is 0 Å². The summed E-state index contributed by atoms with van der Waals surface area (Å²) in [6.45, 7) is 0.635. The van der Waals surface area contributed by atoms with E-state index in [4.69, 9.17) is 11.6 Å². The van der Waals surface area contributed by atoms with E-state index in [1.54, 1.807) is 19.0 Å². The lowest BCUT2D eigenvalue weighted by atomic mass is 10.2. The van der Waals surface area contributed by atoms with Gasteiger partial charge in [0.05, 0.1) is 0 Å². The number of benzene rings is 1. The first kappa shape index (κ1) is 17.3. The highest BCUT2D eigenvalue weighted by molar-refractivity contribution is 7.89. The van der Waals surface area contributed by atoms with Crippen LogP contribution in [0.25, 0.3) is 0 Å².